The topological polar surface area (TPSA) is 70.9 Å². The molecule has 1 aliphatic carbocycles. The van der Waals surface area contributed by atoms with Crippen LogP contribution in [0.4, 0.5) is 0 Å². The van der Waals surface area contributed by atoms with E-state index in [1.807, 2.05) is 13.0 Å². The zero-order valence-electron chi connectivity index (χ0n) is 10.9. The van der Waals surface area contributed by atoms with E-state index in [0.29, 0.717) is 5.69 Å². The average Bonchev–Trinajstić information content (AvgIpc) is 3.08. The van der Waals surface area contributed by atoms with Gasteiger partial charge in [-0.25, -0.2) is 0 Å². The summed E-state index contributed by atoms with van der Waals surface area (Å²) in [7, 11) is 0. The minimum absolute atomic E-state index is 0.0387. The van der Waals surface area contributed by atoms with Crippen molar-refractivity contribution in [3.63, 3.8) is 0 Å². The normalized spacial score (nSPS) is 18.1. The van der Waals surface area contributed by atoms with Gasteiger partial charge in [-0.1, -0.05) is 6.92 Å². The number of aryl methyl sites for hydroxylation is 2. The molecule has 0 unspecified atom stereocenters. The minimum atomic E-state index is -0.130. The summed E-state index contributed by atoms with van der Waals surface area (Å²) >= 11 is 0. The Labute approximate surface area is 111 Å². The first-order valence-electron chi connectivity index (χ1n) is 6.69. The van der Waals surface area contributed by atoms with Crippen molar-refractivity contribution in [1.29, 1.82) is 0 Å². The van der Waals surface area contributed by atoms with Gasteiger partial charge < -0.3 is 9.73 Å². The third-order valence-corrected chi connectivity index (χ3v) is 3.60. The smallest absolute Gasteiger partial charge is 0.272 e. The van der Waals surface area contributed by atoms with Gasteiger partial charge in [0.15, 0.2) is 0 Å². The molecule has 1 atom stereocenters. The van der Waals surface area contributed by atoms with Crippen molar-refractivity contribution in [2.75, 3.05) is 0 Å². The van der Waals surface area contributed by atoms with Crippen LogP contribution in [0.1, 0.15) is 53.3 Å². The number of furan rings is 1. The van der Waals surface area contributed by atoms with Gasteiger partial charge in [-0.2, -0.15) is 5.10 Å². The van der Waals surface area contributed by atoms with Crippen LogP contribution in [0.15, 0.2) is 22.8 Å². The van der Waals surface area contributed by atoms with Crippen molar-refractivity contribution in [3.05, 3.63) is 41.1 Å². The number of nitrogens with one attached hydrogen (secondary N) is 2. The van der Waals surface area contributed by atoms with E-state index in [4.69, 9.17) is 4.42 Å². The van der Waals surface area contributed by atoms with Gasteiger partial charge in [0.05, 0.1) is 12.3 Å². The molecule has 3 rings (SSSR count). The minimum Gasteiger partial charge on any atom is -0.469 e. The van der Waals surface area contributed by atoms with Crippen LogP contribution >= 0.6 is 0 Å². The van der Waals surface area contributed by atoms with Crippen molar-refractivity contribution >= 4 is 5.91 Å². The predicted octanol–water partition coefficient (Wildman–Crippen LogP) is 2.37. The molecular formula is C14H17N3O2. The lowest BCUT2D eigenvalue weighted by Crippen LogP contribution is -2.30. The van der Waals surface area contributed by atoms with E-state index in [-0.39, 0.29) is 11.9 Å². The number of hydrogen-bond acceptors (Lipinski definition) is 3. The number of aromatic nitrogens is 2. The van der Waals surface area contributed by atoms with Gasteiger partial charge in [0.1, 0.15) is 11.5 Å². The zero-order chi connectivity index (χ0) is 13.2. The van der Waals surface area contributed by atoms with Crippen LogP contribution in [0.3, 0.4) is 0 Å². The molecule has 0 fully saturated rings. The maximum absolute atomic E-state index is 12.1. The zero-order valence-corrected chi connectivity index (χ0v) is 10.9. The molecule has 5 nitrogen and oxygen atoms in total. The Balaban J connectivity index is 1.74. The lowest BCUT2D eigenvalue weighted by atomic mass is 9.93. The molecule has 1 amide bonds. The fourth-order valence-corrected chi connectivity index (χ4v) is 2.53. The van der Waals surface area contributed by atoms with E-state index in [1.165, 1.54) is 0 Å². The number of hydrogen-bond donors (Lipinski definition) is 2. The van der Waals surface area contributed by atoms with Crippen LogP contribution in [0.5, 0.6) is 0 Å². The summed E-state index contributed by atoms with van der Waals surface area (Å²) in [5, 5.41) is 9.93. The quantitative estimate of drug-likeness (QED) is 0.889. The Bertz CT molecular complexity index is 585. The fourth-order valence-electron chi connectivity index (χ4n) is 2.53. The van der Waals surface area contributed by atoms with Crippen LogP contribution in [0, 0.1) is 0 Å². The molecule has 0 saturated carbocycles. The fraction of sp³-hybridized carbons (Fsp3) is 0.429. The van der Waals surface area contributed by atoms with Crippen molar-refractivity contribution in [2.45, 2.75) is 38.6 Å². The number of carbonyl (C=O) groups is 1. The van der Waals surface area contributed by atoms with Crippen molar-refractivity contribution in [3.8, 4) is 0 Å². The third-order valence-electron chi connectivity index (χ3n) is 3.60. The third kappa shape index (κ3) is 2.28. The summed E-state index contributed by atoms with van der Waals surface area (Å²) in [6, 6.07) is 3.78. The number of nitrogens with zero attached hydrogens (tertiary/aromatic N) is 1. The second kappa shape index (κ2) is 4.91. The van der Waals surface area contributed by atoms with Gasteiger partial charge in [0.2, 0.25) is 0 Å². The first kappa shape index (κ1) is 12.0. The average molecular weight is 259 g/mol. The SMILES string of the molecule is CCc1cc(C(=O)N[C@@H]2CCCc3occc32)n[nH]1. The van der Waals surface area contributed by atoms with Crippen LogP contribution in [0.2, 0.25) is 0 Å². The summed E-state index contributed by atoms with van der Waals surface area (Å²) in [4.78, 5) is 12.1. The Morgan fingerprint density at radius 2 is 2.53 bits per heavy atom. The number of fused-ring (bicyclic) bond motifs is 1. The van der Waals surface area contributed by atoms with Gasteiger partial charge >= 0.3 is 0 Å². The Morgan fingerprint density at radius 3 is 3.32 bits per heavy atom. The van der Waals surface area contributed by atoms with Crippen LogP contribution in [0.25, 0.3) is 0 Å². The molecule has 0 radical (unpaired) electrons. The van der Waals surface area contributed by atoms with Gasteiger partial charge in [-0.15, -0.1) is 0 Å². The molecule has 0 spiro atoms. The van der Waals surface area contributed by atoms with Crippen molar-refractivity contribution < 1.29 is 9.21 Å². The van der Waals surface area contributed by atoms with E-state index in [0.717, 1.165) is 42.7 Å². The monoisotopic (exact) mass is 259 g/mol. The van der Waals surface area contributed by atoms with Gasteiger partial charge in [0, 0.05) is 17.7 Å². The van der Waals surface area contributed by atoms with Crippen LogP contribution in [-0.2, 0) is 12.8 Å². The first-order valence-corrected chi connectivity index (χ1v) is 6.69. The molecule has 0 aliphatic heterocycles. The number of rotatable bonds is 3. The highest BCUT2D eigenvalue weighted by molar-refractivity contribution is 5.92. The van der Waals surface area contributed by atoms with Crippen molar-refractivity contribution in [1.82, 2.24) is 15.5 Å². The van der Waals surface area contributed by atoms with E-state index < -0.39 is 0 Å². The first-order chi connectivity index (χ1) is 9.28. The number of carbonyl (C=O) groups excluding carboxylic acids is 1. The molecule has 0 bridgehead atoms. The summed E-state index contributed by atoms with van der Waals surface area (Å²) in [6.45, 7) is 2.02. The van der Waals surface area contributed by atoms with Crippen LogP contribution < -0.4 is 5.32 Å². The molecule has 19 heavy (non-hydrogen) atoms. The Kier molecular flexibility index (Phi) is 3.11. The highest BCUT2D eigenvalue weighted by Crippen LogP contribution is 2.30. The van der Waals surface area contributed by atoms with E-state index in [1.54, 1.807) is 12.3 Å². The standard InChI is InChI=1S/C14H17N3O2/c1-2-9-8-12(17-16-9)14(18)15-11-4-3-5-13-10(11)6-7-19-13/h6-8,11H,2-5H2,1H3,(H,15,18)(H,16,17)/t11-/m1/s1. The van der Waals surface area contributed by atoms with Gasteiger partial charge in [-0.3, -0.25) is 9.89 Å². The number of H-pyrrole nitrogens is 1. The van der Waals surface area contributed by atoms with Crippen molar-refractivity contribution in [2.24, 2.45) is 0 Å². The molecule has 2 heterocycles. The lowest BCUT2D eigenvalue weighted by Gasteiger charge is -2.22. The summed E-state index contributed by atoms with van der Waals surface area (Å²) in [6.07, 6.45) is 5.47. The molecular weight excluding hydrogens is 242 g/mol. The van der Waals surface area contributed by atoms with Gasteiger partial charge in [0.25, 0.3) is 5.91 Å². The number of amides is 1. The molecule has 2 aromatic rings. The molecule has 5 heteroatoms. The van der Waals surface area contributed by atoms with Gasteiger partial charge in [-0.05, 0) is 31.4 Å². The molecule has 2 N–H and O–H groups in total. The highest BCUT2D eigenvalue weighted by Gasteiger charge is 2.25. The Morgan fingerprint density at radius 1 is 1.63 bits per heavy atom. The van der Waals surface area contributed by atoms with Crippen LogP contribution in [-0.4, -0.2) is 16.1 Å². The maximum Gasteiger partial charge on any atom is 0.272 e. The summed E-state index contributed by atoms with van der Waals surface area (Å²) in [5.41, 5.74) is 2.52. The van der Waals surface area contributed by atoms with E-state index in [2.05, 4.69) is 15.5 Å². The van der Waals surface area contributed by atoms with E-state index >= 15 is 0 Å². The molecule has 0 aromatic carbocycles. The van der Waals surface area contributed by atoms with E-state index in [9.17, 15) is 4.79 Å². The second-order valence-corrected chi connectivity index (χ2v) is 4.85. The molecule has 0 saturated heterocycles. The number of aromatic amines is 1. The molecule has 100 valence electrons. The summed E-state index contributed by atoms with van der Waals surface area (Å²) < 4.78 is 5.42. The molecule has 1 aliphatic rings. The summed E-state index contributed by atoms with van der Waals surface area (Å²) in [5.74, 6) is 0.864. The largest absolute Gasteiger partial charge is 0.469 e. The molecule has 2 aromatic heterocycles. The maximum atomic E-state index is 12.1. The Hall–Kier alpha value is -2.04. The highest BCUT2D eigenvalue weighted by atomic mass is 16.3. The lowest BCUT2D eigenvalue weighted by molar-refractivity contribution is 0.0927. The predicted molar refractivity (Wildman–Crippen MR) is 69.8 cm³/mol. The second-order valence-electron chi connectivity index (χ2n) is 4.85.